The number of carbonyl (C=O) groups is 1. The predicted molar refractivity (Wildman–Crippen MR) is 80.1 cm³/mol. The standard InChI is InChI=1S/C14H11F2N3O3S/c15-10-4-1-5-11(16)12(10)17-14(20)9-3-2-6-19-7-8-23(21,22)18-13(9)19/h1-6H,7-8H2,(H,17,20). The van der Waals surface area contributed by atoms with E-state index in [9.17, 15) is 22.0 Å². The molecule has 0 atom stereocenters. The molecule has 0 aliphatic carbocycles. The van der Waals surface area contributed by atoms with E-state index in [-0.39, 0.29) is 23.7 Å². The second-order valence-electron chi connectivity index (χ2n) is 4.87. The quantitative estimate of drug-likeness (QED) is 0.883. The first-order valence-electron chi connectivity index (χ1n) is 6.61. The second kappa shape index (κ2) is 5.58. The molecule has 1 aromatic carbocycles. The molecule has 3 rings (SSSR count). The van der Waals surface area contributed by atoms with Crippen molar-refractivity contribution in [2.75, 3.05) is 17.6 Å². The van der Waals surface area contributed by atoms with Gasteiger partial charge in [-0.1, -0.05) is 6.07 Å². The van der Waals surface area contributed by atoms with Crippen LogP contribution in [0.15, 0.2) is 46.5 Å². The van der Waals surface area contributed by atoms with Crippen LogP contribution in [-0.2, 0) is 14.8 Å². The third-order valence-electron chi connectivity index (χ3n) is 3.30. The van der Waals surface area contributed by atoms with Gasteiger partial charge in [-0.15, -0.1) is 4.40 Å². The Hall–Kier alpha value is -2.55. The number of para-hydroxylation sites is 1. The maximum Gasteiger partial charge on any atom is 0.259 e. The molecule has 0 bridgehead atoms. The van der Waals surface area contributed by atoms with Gasteiger partial charge in [-0.05, 0) is 24.3 Å². The van der Waals surface area contributed by atoms with Crippen molar-refractivity contribution in [2.45, 2.75) is 0 Å². The molecule has 9 heteroatoms. The number of halogens is 2. The minimum atomic E-state index is -3.67. The molecule has 0 saturated heterocycles. The highest BCUT2D eigenvalue weighted by molar-refractivity contribution is 7.90. The van der Waals surface area contributed by atoms with Gasteiger partial charge in [0.2, 0.25) is 0 Å². The number of benzene rings is 1. The number of fused-ring (bicyclic) bond motifs is 1. The zero-order valence-electron chi connectivity index (χ0n) is 11.7. The summed E-state index contributed by atoms with van der Waals surface area (Å²) < 4.78 is 54.0. The molecular formula is C14H11F2N3O3S. The van der Waals surface area contributed by atoms with E-state index in [4.69, 9.17) is 0 Å². The smallest absolute Gasteiger partial charge is 0.259 e. The first kappa shape index (κ1) is 15.3. The number of amides is 1. The lowest BCUT2D eigenvalue weighted by atomic mass is 10.1. The average molecular weight is 339 g/mol. The molecule has 0 unspecified atom stereocenters. The number of hydrogen-bond donors (Lipinski definition) is 1. The Labute approximate surface area is 130 Å². The summed E-state index contributed by atoms with van der Waals surface area (Å²) in [6.45, 7) is 0.149. The van der Waals surface area contributed by atoms with E-state index in [1.165, 1.54) is 23.1 Å². The summed E-state index contributed by atoms with van der Waals surface area (Å²) in [6.07, 6.45) is 4.45. The Balaban J connectivity index is 1.94. The third-order valence-corrected chi connectivity index (χ3v) is 4.45. The van der Waals surface area contributed by atoms with E-state index in [1.54, 1.807) is 6.20 Å². The van der Waals surface area contributed by atoms with E-state index in [0.29, 0.717) is 0 Å². The fourth-order valence-corrected chi connectivity index (χ4v) is 3.18. The van der Waals surface area contributed by atoms with Crippen molar-refractivity contribution in [3.05, 3.63) is 53.8 Å². The Kier molecular flexibility index (Phi) is 3.72. The number of carbonyl (C=O) groups excluding carboxylic acids is 1. The summed E-state index contributed by atoms with van der Waals surface area (Å²) in [5.74, 6) is -2.94. The second-order valence-corrected chi connectivity index (χ2v) is 6.62. The van der Waals surface area contributed by atoms with Gasteiger partial charge < -0.3 is 10.2 Å². The van der Waals surface area contributed by atoms with Crippen LogP contribution in [0.3, 0.4) is 0 Å². The Morgan fingerprint density at radius 3 is 2.65 bits per heavy atom. The van der Waals surface area contributed by atoms with Crippen LogP contribution in [0.1, 0.15) is 0 Å². The Morgan fingerprint density at radius 1 is 1.26 bits per heavy atom. The molecule has 0 fully saturated rings. The number of amidine groups is 1. The minimum absolute atomic E-state index is 0.0620. The van der Waals surface area contributed by atoms with Gasteiger partial charge in [-0.25, -0.2) is 17.2 Å². The zero-order valence-corrected chi connectivity index (χ0v) is 12.5. The molecule has 0 saturated carbocycles. The molecule has 2 aliphatic heterocycles. The van der Waals surface area contributed by atoms with Crippen LogP contribution in [0.2, 0.25) is 0 Å². The lowest BCUT2D eigenvalue weighted by Gasteiger charge is -2.28. The van der Waals surface area contributed by atoms with Crippen molar-refractivity contribution in [3.63, 3.8) is 0 Å². The maximum absolute atomic E-state index is 13.6. The predicted octanol–water partition coefficient (Wildman–Crippen LogP) is 1.40. The van der Waals surface area contributed by atoms with Gasteiger partial charge in [-0.3, -0.25) is 4.79 Å². The van der Waals surface area contributed by atoms with E-state index >= 15 is 0 Å². The van der Waals surface area contributed by atoms with Crippen molar-refractivity contribution in [1.29, 1.82) is 0 Å². The van der Waals surface area contributed by atoms with Crippen LogP contribution in [0, 0.1) is 11.6 Å². The molecule has 1 aromatic rings. The maximum atomic E-state index is 13.6. The van der Waals surface area contributed by atoms with Gasteiger partial charge >= 0.3 is 0 Å². The van der Waals surface area contributed by atoms with E-state index in [2.05, 4.69) is 9.71 Å². The number of hydrogen-bond acceptors (Lipinski definition) is 4. The summed E-state index contributed by atoms with van der Waals surface area (Å²) in [5.41, 5.74) is -0.683. The SMILES string of the molecule is O=C(Nc1c(F)cccc1F)C1=CC=CN2CCS(=O)(=O)N=C12. The molecule has 2 heterocycles. The largest absolute Gasteiger partial charge is 0.331 e. The van der Waals surface area contributed by atoms with Gasteiger partial charge in [0.25, 0.3) is 15.9 Å². The fraction of sp³-hybridized carbons (Fsp3) is 0.143. The van der Waals surface area contributed by atoms with Gasteiger partial charge in [0.15, 0.2) is 5.84 Å². The molecular weight excluding hydrogens is 328 g/mol. The molecule has 0 spiro atoms. The van der Waals surface area contributed by atoms with Crippen molar-refractivity contribution < 1.29 is 22.0 Å². The van der Waals surface area contributed by atoms with Gasteiger partial charge in [0.05, 0.1) is 11.3 Å². The molecule has 2 aliphatic rings. The molecule has 120 valence electrons. The number of rotatable bonds is 2. The molecule has 1 N–H and O–H groups in total. The Bertz CT molecular complexity index is 855. The lowest BCUT2D eigenvalue weighted by Crippen LogP contribution is -2.41. The van der Waals surface area contributed by atoms with Crippen LogP contribution in [0.25, 0.3) is 0 Å². The summed E-state index contributed by atoms with van der Waals surface area (Å²) in [5, 5.41) is 2.12. The topological polar surface area (TPSA) is 78.8 Å². The number of anilines is 1. The van der Waals surface area contributed by atoms with Crippen LogP contribution >= 0.6 is 0 Å². The summed E-state index contributed by atoms with van der Waals surface area (Å²) >= 11 is 0. The van der Waals surface area contributed by atoms with Crippen molar-refractivity contribution in [1.82, 2.24) is 4.90 Å². The van der Waals surface area contributed by atoms with Crippen LogP contribution < -0.4 is 5.32 Å². The highest BCUT2D eigenvalue weighted by Crippen LogP contribution is 2.22. The Morgan fingerprint density at radius 2 is 1.96 bits per heavy atom. The molecule has 23 heavy (non-hydrogen) atoms. The van der Waals surface area contributed by atoms with E-state index in [0.717, 1.165) is 12.1 Å². The van der Waals surface area contributed by atoms with Crippen LogP contribution in [0.5, 0.6) is 0 Å². The first-order valence-corrected chi connectivity index (χ1v) is 8.22. The average Bonchev–Trinajstić information content (AvgIpc) is 2.49. The van der Waals surface area contributed by atoms with Crippen molar-refractivity contribution in [3.8, 4) is 0 Å². The van der Waals surface area contributed by atoms with Crippen LogP contribution in [0.4, 0.5) is 14.5 Å². The number of nitrogens with zero attached hydrogens (tertiary/aromatic N) is 2. The van der Waals surface area contributed by atoms with Crippen molar-refractivity contribution in [2.24, 2.45) is 4.40 Å². The van der Waals surface area contributed by atoms with Crippen molar-refractivity contribution >= 4 is 27.5 Å². The summed E-state index contributed by atoms with van der Waals surface area (Å²) in [4.78, 5) is 13.8. The number of nitrogens with one attached hydrogen (secondary N) is 1. The van der Waals surface area contributed by atoms with E-state index < -0.39 is 33.3 Å². The van der Waals surface area contributed by atoms with Gasteiger partial charge in [0, 0.05) is 12.7 Å². The third kappa shape index (κ3) is 3.00. The van der Waals surface area contributed by atoms with E-state index in [1.807, 2.05) is 0 Å². The van der Waals surface area contributed by atoms with Gasteiger partial charge in [0.1, 0.15) is 17.3 Å². The van der Waals surface area contributed by atoms with Gasteiger partial charge in [-0.2, -0.15) is 0 Å². The first-order chi connectivity index (χ1) is 10.9. The molecule has 0 aromatic heterocycles. The summed E-state index contributed by atoms with van der Waals surface area (Å²) in [7, 11) is -3.67. The zero-order chi connectivity index (χ0) is 16.6. The normalized spacial score (nSPS) is 18.8. The summed E-state index contributed by atoms with van der Waals surface area (Å²) in [6, 6.07) is 3.17. The molecule has 0 radical (unpaired) electrons. The van der Waals surface area contributed by atoms with Crippen LogP contribution in [-0.4, -0.2) is 37.4 Å². The molecule has 1 amide bonds. The minimum Gasteiger partial charge on any atom is -0.331 e. The fourth-order valence-electron chi connectivity index (χ4n) is 2.19. The monoisotopic (exact) mass is 339 g/mol. The highest BCUT2D eigenvalue weighted by Gasteiger charge is 2.30. The number of allylic oxidation sites excluding steroid dienone is 2. The lowest BCUT2D eigenvalue weighted by molar-refractivity contribution is -0.112. The highest BCUT2D eigenvalue weighted by atomic mass is 32.2. The number of sulfonamides is 1. The molecule has 6 nitrogen and oxygen atoms in total.